The molecule has 130 valence electrons. The molecule has 1 N–H and O–H groups in total. The number of aliphatic hydroxyl groups is 1. The van der Waals surface area contributed by atoms with Crippen LogP contribution in [0.3, 0.4) is 0 Å². The van der Waals surface area contributed by atoms with Gasteiger partial charge in [0.25, 0.3) is 5.91 Å². The van der Waals surface area contributed by atoms with E-state index in [2.05, 4.69) is 22.1 Å². The van der Waals surface area contributed by atoms with Crippen LogP contribution in [0.5, 0.6) is 0 Å². The zero-order valence-electron chi connectivity index (χ0n) is 14.2. The van der Waals surface area contributed by atoms with Gasteiger partial charge < -0.3 is 10.0 Å². The summed E-state index contributed by atoms with van der Waals surface area (Å²) in [5.74, 6) is 1.44. The number of carbonyl (C=O) groups is 1. The van der Waals surface area contributed by atoms with Crippen molar-refractivity contribution in [1.82, 2.24) is 14.9 Å². The number of nitrogens with zero attached hydrogens (tertiary/aromatic N) is 3. The van der Waals surface area contributed by atoms with E-state index in [1.807, 2.05) is 18.2 Å². The van der Waals surface area contributed by atoms with Crippen molar-refractivity contribution in [2.45, 2.75) is 37.7 Å². The number of benzene rings is 1. The molecule has 1 aromatic carbocycles. The molecule has 0 radical (unpaired) electrons. The van der Waals surface area contributed by atoms with Gasteiger partial charge in [-0.05, 0) is 37.2 Å². The molecular formula is C20H23N3O2. The SMILES string of the molecule is O=C(c1cnc(C2CC2)nc1)N1CC[C@H](Cc2ccccc2)[C@H](O)C1. The first-order chi connectivity index (χ1) is 12.2. The Labute approximate surface area is 147 Å². The molecule has 5 nitrogen and oxygen atoms in total. The van der Waals surface area contributed by atoms with Gasteiger partial charge in [0.05, 0.1) is 11.7 Å². The van der Waals surface area contributed by atoms with Gasteiger partial charge in [-0.15, -0.1) is 0 Å². The molecule has 5 heteroatoms. The standard InChI is InChI=1S/C20H23N3O2/c24-18-13-23(9-8-16(18)10-14-4-2-1-3-5-14)20(25)17-11-21-19(22-12-17)15-6-7-15/h1-5,11-12,15-16,18,24H,6-10,13H2/t16-,18-/m1/s1. The maximum atomic E-state index is 12.6. The highest BCUT2D eigenvalue weighted by Gasteiger charge is 2.31. The molecule has 1 aliphatic carbocycles. The van der Waals surface area contributed by atoms with Crippen LogP contribution >= 0.6 is 0 Å². The maximum Gasteiger partial charge on any atom is 0.257 e. The monoisotopic (exact) mass is 337 g/mol. The lowest BCUT2D eigenvalue weighted by Crippen LogP contribution is -2.47. The molecule has 4 rings (SSSR count). The van der Waals surface area contributed by atoms with E-state index in [-0.39, 0.29) is 11.8 Å². The molecule has 0 spiro atoms. The van der Waals surface area contributed by atoms with Crippen molar-refractivity contribution in [2.24, 2.45) is 5.92 Å². The summed E-state index contributed by atoms with van der Waals surface area (Å²) in [6.45, 7) is 1.04. The van der Waals surface area contributed by atoms with E-state index in [0.717, 1.165) is 31.5 Å². The molecule has 0 bridgehead atoms. The first-order valence-corrected chi connectivity index (χ1v) is 9.04. The van der Waals surface area contributed by atoms with Gasteiger partial charge in [-0.1, -0.05) is 30.3 Å². The van der Waals surface area contributed by atoms with Crippen LogP contribution in [0.1, 0.15) is 46.9 Å². The number of aliphatic hydroxyl groups excluding tert-OH is 1. The van der Waals surface area contributed by atoms with Crippen molar-refractivity contribution in [3.05, 3.63) is 59.7 Å². The average molecular weight is 337 g/mol. The van der Waals surface area contributed by atoms with Crippen LogP contribution in [0, 0.1) is 5.92 Å². The number of piperidine rings is 1. The second-order valence-electron chi connectivity index (χ2n) is 7.16. The Morgan fingerprint density at radius 2 is 1.84 bits per heavy atom. The van der Waals surface area contributed by atoms with E-state index >= 15 is 0 Å². The van der Waals surface area contributed by atoms with Crippen molar-refractivity contribution < 1.29 is 9.90 Å². The Balaban J connectivity index is 1.37. The number of β-amino-alcohol motifs (C(OH)–C–C–N with tert-alkyl or cyclic N) is 1. The van der Waals surface area contributed by atoms with Crippen molar-refractivity contribution in [2.75, 3.05) is 13.1 Å². The summed E-state index contributed by atoms with van der Waals surface area (Å²) in [5, 5.41) is 10.5. The van der Waals surface area contributed by atoms with Crippen LogP contribution in [-0.4, -0.2) is 45.1 Å². The molecule has 1 amide bonds. The van der Waals surface area contributed by atoms with Crippen LogP contribution in [0.4, 0.5) is 0 Å². The second-order valence-corrected chi connectivity index (χ2v) is 7.16. The highest BCUT2D eigenvalue weighted by molar-refractivity contribution is 5.93. The Morgan fingerprint density at radius 1 is 1.12 bits per heavy atom. The number of carbonyl (C=O) groups excluding carboxylic acids is 1. The molecule has 2 atom stereocenters. The molecule has 2 heterocycles. The summed E-state index contributed by atoms with van der Waals surface area (Å²) in [4.78, 5) is 23.0. The summed E-state index contributed by atoms with van der Waals surface area (Å²) < 4.78 is 0. The van der Waals surface area contributed by atoms with Gasteiger partial charge in [0.1, 0.15) is 5.82 Å². The summed E-state index contributed by atoms with van der Waals surface area (Å²) in [7, 11) is 0. The molecule has 25 heavy (non-hydrogen) atoms. The number of hydrogen-bond acceptors (Lipinski definition) is 4. The predicted octanol–water partition coefficient (Wildman–Crippen LogP) is 2.42. The summed E-state index contributed by atoms with van der Waals surface area (Å²) in [6, 6.07) is 10.2. The van der Waals surface area contributed by atoms with Crippen LogP contribution in [0.15, 0.2) is 42.7 Å². The van der Waals surface area contributed by atoms with E-state index in [9.17, 15) is 9.90 Å². The zero-order valence-corrected chi connectivity index (χ0v) is 14.2. The molecule has 1 aromatic heterocycles. The molecule has 2 fully saturated rings. The van der Waals surface area contributed by atoms with E-state index in [1.54, 1.807) is 17.3 Å². The Kier molecular flexibility index (Phi) is 4.49. The van der Waals surface area contributed by atoms with Crippen molar-refractivity contribution in [3.8, 4) is 0 Å². The van der Waals surface area contributed by atoms with E-state index in [0.29, 0.717) is 24.6 Å². The lowest BCUT2D eigenvalue weighted by atomic mass is 9.87. The highest BCUT2D eigenvalue weighted by atomic mass is 16.3. The van der Waals surface area contributed by atoms with Crippen molar-refractivity contribution >= 4 is 5.91 Å². The molecule has 2 aliphatic rings. The lowest BCUT2D eigenvalue weighted by Gasteiger charge is -2.36. The lowest BCUT2D eigenvalue weighted by molar-refractivity contribution is 0.0197. The normalized spacial score (nSPS) is 23.5. The van der Waals surface area contributed by atoms with Crippen LogP contribution < -0.4 is 0 Å². The Hall–Kier alpha value is -2.27. The number of likely N-dealkylation sites (tertiary alicyclic amines) is 1. The number of rotatable bonds is 4. The first kappa shape index (κ1) is 16.2. The summed E-state index contributed by atoms with van der Waals surface area (Å²) in [5.41, 5.74) is 1.74. The van der Waals surface area contributed by atoms with Gasteiger partial charge in [0.15, 0.2) is 0 Å². The minimum atomic E-state index is -0.496. The molecule has 1 aliphatic heterocycles. The fourth-order valence-corrected chi connectivity index (χ4v) is 3.50. The molecular weight excluding hydrogens is 314 g/mol. The second kappa shape index (κ2) is 6.92. The predicted molar refractivity (Wildman–Crippen MR) is 94.2 cm³/mol. The van der Waals surface area contributed by atoms with Gasteiger partial charge in [0, 0.05) is 31.4 Å². The minimum Gasteiger partial charge on any atom is -0.391 e. The third kappa shape index (κ3) is 3.71. The van der Waals surface area contributed by atoms with Gasteiger partial charge in [0.2, 0.25) is 0 Å². The third-order valence-corrected chi connectivity index (χ3v) is 5.21. The van der Waals surface area contributed by atoms with Gasteiger partial charge in [-0.25, -0.2) is 9.97 Å². The van der Waals surface area contributed by atoms with Crippen molar-refractivity contribution in [1.29, 1.82) is 0 Å². The fraction of sp³-hybridized carbons (Fsp3) is 0.450. The number of amides is 1. The first-order valence-electron chi connectivity index (χ1n) is 9.04. The molecule has 0 unspecified atom stereocenters. The quantitative estimate of drug-likeness (QED) is 0.930. The smallest absolute Gasteiger partial charge is 0.257 e. The number of aromatic nitrogens is 2. The highest BCUT2D eigenvalue weighted by Crippen LogP contribution is 2.37. The van der Waals surface area contributed by atoms with Crippen LogP contribution in [0.25, 0.3) is 0 Å². The van der Waals surface area contributed by atoms with Crippen molar-refractivity contribution in [3.63, 3.8) is 0 Å². The van der Waals surface area contributed by atoms with Crippen LogP contribution in [-0.2, 0) is 6.42 Å². The zero-order chi connectivity index (χ0) is 17.2. The summed E-state index contributed by atoms with van der Waals surface area (Å²) in [6.07, 6.45) is 6.72. The minimum absolute atomic E-state index is 0.0837. The van der Waals surface area contributed by atoms with E-state index < -0.39 is 6.10 Å². The Morgan fingerprint density at radius 3 is 2.48 bits per heavy atom. The average Bonchev–Trinajstić information content (AvgIpc) is 3.49. The van der Waals surface area contributed by atoms with Gasteiger partial charge in [-0.3, -0.25) is 4.79 Å². The Bertz CT molecular complexity index is 728. The number of hydrogen-bond donors (Lipinski definition) is 1. The maximum absolute atomic E-state index is 12.6. The molecule has 1 saturated heterocycles. The van der Waals surface area contributed by atoms with Gasteiger partial charge >= 0.3 is 0 Å². The van der Waals surface area contributed by atoms with Gasteiger partial charge in [-0.2, -0.15) is 0 Å². The fourth-order valence-electron chi connectivity index (χ4n) is 3.50. The largest absolute Gasteiger partial charge is 0.391 e. The summed E-state index contributed by atoms with van der Waals surface area (Å²) >= 11 is 0. The van der Waals surface area contributed by atoms with Crippen LogP contribution in [0.2, 0.25) is 0 Å². The third-order valence-electron chi connectivity index (χ3n) is 5.21. The molecule has 1 saturated carbocycles. The van der Waals surface area contributed by atoms with E-state index in [1.165, 1.54) is 5.56 Å². The molecule has 2 aromatic rings. The van der Waals surface area contributed by atoms with E-state index in [4.69, 9.17) is 0 Å². The topological polar surface area (TPSA) is 66.3 Å².